The SMILES string of the molecule is CN1CCN(CCOc2cccc(CNC3CC3)c2)CC1. The molecule has 1 saturated heterocycles. The largest absolute Gasteiger partial charge is 0.492 e. The van der Waals surface area contributed by atoms with E-state index in [-0.39, 0.29) is 0 Å². The van der Waals surface area contributed by atoms with Crippen molar-refractivity contribution in [1.82, 2.24) is 15.1 Å². The van der Waals surface area contributed by atoms with Crippen molar-refractivity contribution in [3.63, 3.8) is 0 Å². The smallest absolute Gasteiger partial charge is 0.119 e. The van der Waals surface area contributed by atoms with Gasteiger partial charge in [0, 0.05) is 45.3 Å². The van der Waals surface area contributed by atoms with E-state index in [4.69, 9.17) is 4.74 Å². The van der Waals surface area contributed by atoms with Crippen molar-refractivity contribution in [3.05, 3.63) is 29.8 Å². The highest BCUT2D eigenvalue weighted by Gasteiger charge is 2.19. The van der Waals surface area contributed by atoms with Crippen molar-refractivity contribution in [2.24, 2.45) is 0 Å². The number of rotatable bonds is 7. The molecule has 21 heavy (non-hydrogen) atoms. The molecule has 1 aromatic carbocycles. The molecule has 116 valence electrons. The van der Waals surface area contributed by atoms with Crippen molar-refractivity contribution in [3.8, 4) is 5.75 Å². The summed E-state index contributed by atoms with van der Waals surface area (Å²) in [5.41, 5.74) is 1.32. The predicted octanol–water partition coefficient (Wildman–Crippen LogP) is 1.56. The lowest BCUT2D eigenvalue weighted by atomic mass is 10.2. The Hall–Kier alpha value is -1.10. The molecule has 0 radical (unpaired) electrons. The van der Waals surface area contributed by atoms with Gasteiger partial charge in [0.05, 0.1) is 0 Å². The fourth-order valence-corrected chi connectivity index (χ4v) is 2.66. The lowest BCUT2D eigenvalue weighted by Crippen LogP contribution is -2.45. The topological polar surface area (TPSA) is 27.7 Å². The Morgan fingerprint density at radius 1 is 1.19 bits per heavy atom. The normalized spacial score (nSPS) is 20.6. The van der Waals surface area contributed by atoms with Crippen LogP contribution in [0.2, 0.25) is 0 Å². The predicted molar refractivity (Wildman–Crippen MR) is 85.7 cm³/mol. The summed E-state index contributed by atoms with van der Waals surface area (Å²) in [5.74, 6) is 0.999. The summed E-state index contributed by atoms with van der Waals surface area (Å²) in [4.78, 5) is 4.87. The minimum atomic E-state index is 0.756. The van der Waals surface area contributed by atoms with Crippen LogP contribution in [0, 0.1) is 0 Å². The van der Waals surface area contributed by atoms with Gasteiger partial charge in [-0.1, -0.05) is 12.1 Å². The number of hydrogen-bond acceptors (Lipinski definition) is 4. The molecular formula is C17H27N3O. The molecule has 1 saturated carbocycles. The lowest BCUT2D eigenvalue weighted by Gasteiger charge is -2.32. The molecule has 0 atom stereocenters. The van der Waals surface area contributed by atoms with E-state index in [1.807, 2.05) is 0 Å². The van der Waals surface area contributed by atoms with E-state index in [9.17, 15) is 0 Å². The maximum absolute atomic E-state index is 5.92. The number of nitrogens with zero attached hydrogens (tertiary/aromatic N) is 2. The molecule has 3 rings (SSSR count). The van der Waals surface area contributed by atoms with Crippen molar-refractivity contribution >= 4 is 0 Å². The minimum absolute atomic E-state index is 0.756. The van der Waals surface area contributed by atoms with Gasteiger partial charge in [0.2, 0.25) is 0 Å². The highest BCUT2D eigenvalue weighted by atomic mass is 16.5. The Morgan fingerprint density at radius 3 is 2.76 bits per heavy atom. The standard InChI is InChI=1S/C17H27N3O/c1-19-7-9-20(10-8-19)11-12-21-17-4-2-3-15(13-17)14-18-16-5-6-16/h2-4,13,16,18H,5-12,14H2,1H3. The average Bonchev–Trinajstić information content (AvgIpc) is 3.32. The highest BCUT2D eigenvalue weighted by molar-refractivity contribution is 5.28. The van der Waals surface area contributed by atoms with Gasteiger partial charge in [0.25, 0.3) is 0 Å². The van der Waals surface area contributed by atoms with Crippen molar-refractivity contribution in [2.75, 3.05) is 46.4 Å². The molecule has 1 N–H and O–H groups in total. The van der Waals surface area contributed by atoms with Gasteiger partial charge in [0.15, 0.2) is 0 Å². The number of ether oxygens (including phenoxy) is 1. The van der Waals surface area contributed by atoms with Gasteiger partial charge in [0.1, 0.15) is 12.4 Å². The zero-order valence-electron chi connectivity index (χ0n) is 13.1. The molecule has 0 unspecified atom stereocenters. The third-order valence-corrected chi connectivity index (χ3v) is 4.34. The minimum Gasteiger partial charge on any atom is -0.492 e. The molecule has 1 aromatic rings. The Morgan fingerprint density at radius 2 is 2.00 bits per heavy atom. The molecule has 4 heteroatoms. The second-order valence-corrected chi connectivity index (χ2v) is 6.30. The van der Waals surface area contributed by atoms with E-state index in [1.54, 1.807) is 0 Å². The average molecular weight is 289 g/mol. The van der Waals surface area contributed by atoms with E-state index in [1.165, 1.54) is 31.5 Å². The summed E-state index contributed by atoms with van der Waals surface area (Å²) < 4.78 is 5.92. The Bertz CT molecular complexity index is 439. The van der Waals surface area contributed by atoms with Crippen molar-refractivity contribution in [1.29, 1.82) is 0 Å². The van der Waals surface area contributed by atoms with E-state index in [2.05, 4.69) is 46.4 Å². The third-order valence-electron chi connectivity index (χ3n) is 4.34. The van der Waals surface area contributed by atoms with E-state index >= 15 is 0 Å². The quantitative estimate of drug-likeness (QED) is 0.824. The van der Waals surface area contributed by atoms with Crippen LogP contribution in [-0.2, 0) is 6.54 Å². The molecule has 1 aliphatic carbocycles. The number of benzene rings is 1. The van der Waals surface area contributed by atoms with Crippen LogP contribution in [0.1, 0.15) is 18.4 Å². The second kappa shape index (κ2) is 7.25. The van der Waals surface area contributed by atoms with Crippen LogP contribution in [0.4, 0.5) is 0 Å². The van der Waals surface area contributed by atoms with Gasteiger partial charge in [-0.2, -0.15) is 0 Å². The molecule has 0 aromatic heterocycles. The van der Waals surface area contributed by atoms with Gasteiger partial charge in [-0.15, -0.1) is 0 Å². The number of hydrogen-bond donors (Lipinski definition) is 1. The van der Waals surface area contributed by atoms with Crippen LogP contribution in [0.5, 0.6) is 5.75 Å². The monoisotopic (exact) mass is 289 g/mol. The zero-order chi connectivity index (χ0) is 14.5. The van der Waals surface area contributed by atoms with Crippen LogP contribution >= 0.6 is 0 Å². The Labute approximate surface area is 128 Å². The van der Waals surface area contributed by atoms with Gasteiger partial charge < -0.3 is 15.0 Å². The first kappa shape index (κ1) is 14.8. The van der Waals surface area contributed by atoms with E-state index in [0.29, 0.717) is 0 Å². The van der Waals surface area contributed by atoms with Crippen LogP contribution in [-0.4, -0.2) is 62.2 Å². The molecule has 4 nitrogen and oxygen atoms in total. The summed E-state index contributed by atoms with van der Waals surface area (Å²) in [6.07, 6.45) is 2.67. The lowest BCUT2D eigenvalue weighted by molar-refractivity contribution is 0.133. The Balaban J connectivity index is 1.38. The second-order valence-electron chi connectivity index (χ2n) is 6.30. The molecule has 1 heterocycles. The first-order valence-electron chi connectivity index (χ1n) is 8.15. The number of nitrogens with one attached hydrogen (secondary N) is 1. The summed E-state index contributed by atoms with van der Waals surface area (Å²) in [6, 6.07) is 9.24. The van der Waals surface area contributed by atoms with Crippen LogP contribution in [0.3, 0.4) is 0 Å². The van der Waals surface area contributed by atoms with E-state index in [0.717, 1.165) is 44.6 Å². The first-order chi connectivity index (χ1) is 10.3. The molecule has 1 aliphatic heterocycles. The van der Waals surface area contributed by atoms with Crippen molar-refractivity contribution in [2.45, 2.75) is 25.4 Å². The molecule has 2 aliphatic rings. The van der Waals surface area contributed by atoms with Crippen molar-refractivity contribution < 1.29 is 4.74 Å². The molecule has 0 amide bonds. The molecule has 0 spiro atoms. The fourth-order valence-electron chi connectivity index (χ4n) is 2.66. The molecular weight excluding hydrogens is 262 g/mol. The van der Waals surface area contributed by atoms with Crippen LogP contribution < -0.4 is 10.1 Å². The van der Waals surface area contributed by atoms with Crippen LogP contribution in [0.15, 0.2) is 24.3 Å². The summed E-state index contributed by atoms with van der Waals surface area (Å²) in [7, 11) is 2.19. The fraction of sp³-hybridized carbons (Fsp3) is 0.647. The molecule has 2 fully saturated rings. The summed E-state index contributed by atoms with van der Waals surface area (Å²) in [5, 5.41) is 3.54. The maximum Gasteiger partial charge on any atom is 0.119 e. The van der Waals surface area contributed by atoms with E-state index < -0.39 is 0 Å². The third kappa shape index (κ3) is 4.99. The van der Waals surface area contributed by atoms with Gasteiger partial charge in [-0.3, -0.25) is 4.90 Å². The van der Waals surface area contributed by atoms with Gasteiger partial charge in [-0.25, -0.2) is 0 Å². The highest BCUT2D eigenvalue weighted by Crippen LogP contribution is 2.20. The maximum atomic E-state index is 5.92. The number of likely N-dealkylation sites (N-methyl/N-ethyl adjacent to an activating group) is 1. The first-order valence-corrected chi connectivity index (χ1v) is 8.15. The van der Waals surface area contributed by atoms with Gasteiger partial charge in [-0.05, 0) is 37.6 Å². The molecule has 0 bridgehead atoms. The van der Waals surface area contributed by atoms with Gasteiger partial charge >= 0.3 is 0 Å². The summed E-state index contributed by atoms with van der Waals surface area (Å²) >= 11 is 0. The zero-order valence-corrected chi connectivity index (χ0v) is 13.1. The number of piperazine rings is 1. The van der Waals surface area contributed by atoms with Crippen LogP contribution in [0.25, 0.3) is 0 Å². The summed E-state index contributed by atoms with van der Waals surface area (Å²) in [6.45, 7) is 7.42. The Kier molecular flexibility index (Phi) is 5.12.